The van der Waals surface area contributed by atoms with E-state index in [1.807, 2.05) is 20.8 Å². The fraction of sp³-hybridized carbons (Fsp3) is 0.522. The zero-order valence-corrected chi connectivity index (χ0v) is 20.0. The molecule has 0 spiro atoms. The van der Waals surface area contributed by atoms with Crippen LogP contribution in [0.2, 0.25) is 0 Å². The Morgan fingerprint density at radius 2 is 1.81 bits per heavy atom. The van der Waals surface area contributed by atoms with E-state index in [2.05, 4.69) is 15.3 Å². The van der Waals surface area contributed by atoms with Gasteiger partial charge in [-0.1, -0.05) is 33.1 Å². The van der Waals surface area contributed by atoms with Gasteiger partial charge >= 0.3 is 0 Å². The van der Waals surface area contributed by atoms with Crippen molar-refractivity contribution in [2.75, 3.05) is 19.0 Å². The summed E-state index contributed by atoms with van der Waals surface area (Å²) in [5, 5.41) is 2.72. The summed E-state index contributed by atoms with van der Waals surface area (Å²) in [5.41, 5.74) is 1.27. The number of ether oxygens (including phenoxy) is 1. The van der Waals surface area contributed by atoms with Crippen LogP contribution in [0, 0.1) is 6.92 Å². The van der Waals surface area contributed by atoms with Gasteiger partial charge in [0.15, 0.2) is 6.61 Å². The molecule has 0 saturated heterocycles. The molecular weight excluding hydrogens is 428 g/mol. The van der Waals surface area contributed by atoms with Gasteiger partial charge in [-0.15, -0.1) is 0 Å². The number of anilines is 1. The van der Waals surface area contributed by atoms with E-state index in [0.29, 0.717) is 17.4 Å². The van der Waals surface area contributed by atoms with Crippen LogP contribution in [0.5, 0.6) is 5.88 Å². The summed E-state index contributed by atoms with van der Waals surface area (Å²) >= 11 is 0. The Hall–Kier alpha value is -2.52. The number of amides is 1. The van der Waals surface area contributed by atoms with Gasteiger partial charge in [-0.25, -0.2) is 13.4 Å². The quantitative estimate of drug-likeness (QED) is 0.641. The van der Waals surface area contributed by atoms with Gasteiger partial charge in [0, 0.05) is 36.5 Å². The lowest BCUT2D eigenvalue weighted by molar-refractivity contribution is -0.118. The van der Waals surface area contributed by atoms with E-state index in [1.165, 1.54) is 16.4 Å². The smallest absolute Gasteiger partial charge is 0.262 e. The van der Waals surface area contributed by atoms with Crippen molar-refractivity contribution in [3.05, 3.63) is 41.9 Å². The van der Waals surface area contributed by atoms with Gasteiger partial charge in [0.05, 0.1) is 4.90 Å². The summed E-state index contributed by atoms with van der Waals surface area (Å²) < 4.78 is 32.9. The van der Waals surface area contributed by atoms with Crippen LogP contribution in [0.4, 0.5) is 5.69 Å². The molecule has 1 amide bonds. The molecule has 1 aromatic heterocycles. The summed E-state index contributed by atoms with van der Waals surface area (Å²) in [6, 6.07) is 7.95. The van der Waals surface area contributed by atoms with Crippen LogP contribution >= 0.6 is 0 Å². The molecule has 1 aliphatic carbocycles. The fourth-order valence-corrected chi connectivity index (χ4v) is 5.16. The van der Waals surface area contributed by atoms with Crippen molar-refractivity contribution in [2.24, 2.45) is 0 Å². The lowest BCUT2D eigenvalue weighted by Crippen LogP contribution is -2.38. The van der Waals surface area contributed by atoms with Crippen molar-refractivity contribution in [2.45, 2.75) is 69.7 Å². The van der Waals surface area contributed by atoms with Crippen LogP contribution in [0.25, 0.3) is 0 Å². The largest absolute Gasteiger partial charge is 0.467 e. The van der Waals surface area contributed by atoms with Gasteiger partial charge < -0.3 is 10.1 Å². The van der Waals surface area contributed by atoms with Crippen molar-refractivity contribution in [1.82, 2.24) is 14.3 Å². The van der Waals surface area contributed by atoms with Crippen LogP contribution in [0.3, 0.4) is 0 Å². The fourth-order valence-electron chi connectivity index (χ4n) is 3.75. The first kappa shape index (κ1) is 24.1. The molecule has 3 rings (SSSR count). The molecule has 2 aromatic rings. The third-order valence-electron chi connectivity index (χ3n) is 5.62. The van der Waals surface area contributed by atoms with Crippen LogP contribution in [-0.2, 0) is 14.8 Å². The van der Waals surface area contributed by atoms with E-state index < -0.39 is 10.0 Å². The average Bonchev–Trinajstić information content (AvgIpc) is 2.77. The molecule has 1 aromatic carbocycles. The normalized spacial score (nSPS) is 15.2. The first-order valence-corrected chi connectivity index (χ1v) is 12.5. The minimum atomic E-state index is -3.56. The van der Waals surface area contributed by atoms with Gasteiger partial charge in [0.2, 0.25) is 15.9 Å². The minimum absolute atomic E-state index is 0.0481. The standard InChI is InChI=1S/C23H32N4O4S/c1-16(2)23-24-17(3)14-22(26-23)31-15-21(28)25-18-10-12-20(13-11-18)32(29,30)27(4)19-8-6-5-7-9-19/h10-14,16,19H,5-9,15H2,1-4H3,(H,25,28). The highest BCUT2D eigenvalue weighted by Gasteiger charge is 2.28. The number of rotatable bonds is 8. The maximum atomic E-state index is 12.9. The number of hydrogen-bond donors (Lipinski definition) is 1. The molecule has 1 aliphatic rings. The molecule has 1 heterocycles. The molecule has 0 unspecified atom stereocenters. The minimum Gasteiger partial charge on any atom is -0.467 e. The predicted octanol–water partition coefficient (Wildman–Crippen LogP) is 3.88. The highest BCUT2D eigenvalue weighted by atomic mass is 32.2. The molecule has 1 fully saturated rings. The molecule has 0 atom stereocenters. The van der Waals surface area contributed by atoms with Crippen molar-refractivity contribution in [3.63, 3.8) is 0 Å². The van der Waals surface area contributed by atoms with E-state index in [0.717, 1.165) is 37.8 Å². The van der Waals surface area contributed by atoms with E-state index in [-0.39, 0.29) is 29.4 Å². The molecule has 174 valence electrons. The summed E-state index contributed by atoms with van der Waals surface area (Å²) in [6.45, 7) is 5.62. The second-order valence-electron chi connectivity index (χ2n) is 8.53. The van der Waals surface area contributed by atoms with Crippen molar-refractivity contribution >= 4 is 21.6 Å². The Bertz CT molecular complexity index is 1030. The molecule has 1 saturated carbocycles. The molecule has 0 aliphatic heterocycles. The summed E-state index contributed by atoms with van der Waals surface area (Å²) in [4.78, 5) is 21.2. The maximum absolute atomic E-state index is 12.9. The van der Waals surface area contributed by atoms with Gasteiger partial charge in [0.25, 0.3) is 5.91 Å². The average molecular weight is 461 g/mol. The first-order valence-electron chi connectivity index (χ1n) is 11.0. The van der Waals surface area contributed by atoms with E-state index in [1.54, 1.807) is 25.2 Å². The Balaban J connectivity index is 1.59. The predicted molar refractivity (Wildman–Crippen MR) is 123 cm³/mol. The molecule has 0 radical (unpaired) electrons. The van der Waals surface area contributed by atoms with Crippen molar-refractivity contribution < 1.29 is 17.9 Å². The Morgan fingerprint density at radius 1 is 1.16 bits per heavy atom. The zero-order valence-electron chi connectivity index (χ0n) is 19.2. The van der Waals surface area contributed by atoms with Crippen LogP contribution in [0.1, 0.15) is 63.4 Å². The highest BCUT2D eigenvalue weighted by molar-refractivity contribution is 7.89. The summed E-state index contributed by atoms with van der Waals surface area (Å²) in [5.74, 6) is 0.805. The number of hydrogen-bond acceptors (Lipinski definition) is 6. The van der Waals surface area contributed by atoms with Crippen molar-refractivity contribution in [1.29, 1.82) is 0 Å². The molecule has 8 nitrogen and oxygen atoms in total. The zero-order chi connectivity index (χ0) is 23.3. The molecule has 9 heteroatoms. The second-order valence-corrected chi connectivity index (χ2v) is 10.5. The summed E-state index contributed by atoms with van der Waals surface area (Å²) in [7, 11) is -1.91. The maximum Gasteiger partial charge on any atom is 0.262 e. The number of sulfonamides is 1. The third kappa shape index (κ3) is 6.04. The number of carbonyl (C=O) groups is 1. The Morgan fingerprint density at radius 3 is 2.44 bits per heavy atom. The molecule has 0 bridgehead atoms. The lowest BCUT2D eigenvalue weighted by Gasteiger charge is -2.30. The summed E-state index contributed by atoms with van der Waals surface area (Å²) in [6.07, 6.45) is 5.08. The molecular formula is C23H32N4O4S. The Kier molecular flexibility index (Phi) is 7.84. The number of aryl methyl sites for hydroxylation is 1. The number of nitrogens with zero attached hydrogens (tertiary/aromatic N) is 3. The van der Waals surface area contributed by atoms with Crippen LogP contribution in [-0.4, -0.2) is 48.3 Å². The SMILES string of the molecule is Cc1cc(OCC(=O)Nc2ccc(S(=O)(=O)N(C)C3CCCCC3)cc2)nc(C(C)C)n1. The van der Waals surface area contributed by atoms with Crippen LogP contribution < -0.4 is 10.1 Å². The van der Waals surface area contributed by atoms with E-state index in [4.69, 9.17) is 4.74 Å². The first-order chi connectivity index (χ1) is 15.2. The van der Waals surface area contributed by atoms with E-state index >= 15 is 0 Å². The van der Waals surface area contributed by atoms with Gasteiger partial charge in [-0.3, -0.25) is 4.79 Å². The number of benzene rings is 1. The monoisotopic (exact) mass is 460 g/mol. The lowest BCUT2D eigenvalue weighted by atomic mass is 9.96. The van der Waals surface area contributed by atoms with E-state index in [9.17, 15) is 13.2 Å². The second kappa shape index (κ2) is 10.4. The Labute approximate surface area is 190 Å². The molecule has 32 heavy (non-hydrogen) atoms. The van der Waals surface area contributed by atoms with Gasteiger partial charge in [0.1, 0.15) is 5.82 Å². The van der Waals surface area contributed by atoms with Gasteiger partial charge in [-0.2, -0.15) is 9.29 Å². The van der Waals surface area contributed by atoms with Crippen LogP contribution in [0.15, 0.2) is 35.2 Å². The van der Waals surface area contributed by atoms with Crippen molar-refractivity contribution in [3.8, 4) is 5.88 Å². The van der Waals surface area contributed by atoms with Gasteiger partial charge in [-0.05, 0) is 44.0 Å². The highest BCUT2D eigenvalue weighted by Crippen LogP contribution is 2.27. The molecule has 1 N–H and O–H groups in total. The third-order valence-corrected chi connectivity index (χ3v) is 7.54. The number of aromatic nitrogens is 2. The number of carbonyl (C=O) groups excluding carboxylic acids is 1. The number of nitrogens with one attached hydrogen (secondary N) is 1. The topological polar surface area (TPSA) is 101 Å².